The Hall–Kier alpha value is -4.23. The number of nitrogens with one attached hydrogen (secondary N) is 1. The summed E-state index contributed by atoms with van der Waals surface area (Å²) in [6.45, 7) is 4.45. The van der Waals surface area contributed by atoms with Crippen LogP contribution in [0.25, 0.3) is 17.3 Å². The number of pyridine rings is 1. The number of benzene rings is 2. The van der Waals surface area contributed by atoms with Crippen LogP contribution in [0, 0.1) is 0 Å². The van der Waals surface area contributed by atoms with Crippen molar-refractivity contribution in [2.24, 2.45) is 0 Å². The summed E-state index contributed by atoms with van der Waals surface area (Å²) in [6, 6.07) is 22.4. The average Bonchev–Trinajstić information content (AvgIpc) is 3.35. The van der Waals surface area contributed by atoms with E-state index in [0.29, 0.717) is 13.1 Å². The summed E-state index contributed by atoms with van der Waals surface area (Å²) in [7, 11) is 0. The van der Waals surface area contributed by atoms with Crippen LogP contribution in [0.2, 0.25) is 0 Å². The molecule has 182 valence electrons. The van der Waals surface area contributed by atoms with Gasteiger partial charge in [-0.2, -0.15) is 5.10 Å². The molecule has 7 heteroatoms. The van der Waals surface area contributed by atoms with Crippen LogP contribution in [0.4, 0.5) is 5.69 Å². The maximum atomic E-state index is 12.6. The molecular weight excluding hydrogens is 450 g/mol. The fourth-order valence-electron chi connectivity index (χ4n) is 4.20. The SMILES string of the molecule is O=C(/C=C/c1cn(Cc2ccccc2)nc1-c1cccnc1)NCc1ccc(N2CCOCC2)cc1. The molecule has 7 nitrogen and oxygen atoms in total. The molecule has 0 bridgehead atoms. The summed E-state index contributed by atoms with van der Waals surface area (Å²) >= 11 is 0. The smallest absolute Gasteiger partial charge is 0.244 e. The van der Waals surface area contributed by atoms with Crippen LogP contribution in [0.3, 0.4) is 0 Å². The quantitative estimate of drug-likeness (QED) is 0.384. The maximum absolute atomic E-state index is 12.6. The Kier molecular flexibility index (Phi) is 7.49. The predicted octanol–water partition coefficient (Wildman–Crippen LogP) is 4.16. The van der Waals surface area contributed by atoms with E-state index in [2.05, 4.69) is 51.6 Å². The molecule has 4 aromatic rings. The molecule has 1 amide bonds. The molecule has 2 aromatic carbocycles. The molecule has 1 N–H and O–H groups in total. The molecule has 0 saturated carbocycles. The number of carbonyl (C=O) groups is 1. The van der Waals surface area contributed by atoms with Gasteiger partial charge in [0.05, 0.1) is 19.8 Å². The van der Waals surface area contributed by atoms with Crippen molar-refractivity contribution in [3.05, 3.63) is 108 Å². The zero-order valence-electron chi connectivity index (χ0n) is 20.1. The van der Waals surface area contributed by atoms with E-state index in [1.54, 1.807) is 18.5 Å². The molecule has 36 heavy (non-hydrogen) atoms. The number of anilines is 1. The maximum Gasteiger partial charge on any atom is 0.244 e. The van der Waals surface area contributed by atoms with E-state index >= 15 is 0 Å². The van der Waals surface area contributed by atoms with E-state index in [9.17, 15) is 4.79 Å². The highest BCUT2D eigenvalue weighted by atomic mass is 16.5. The van der Waals surface area contributed by atoms with Gasteiger partial charge < -0.3 is 15.0 Å². The number of aromatic nitrogens is 3. The van der Waals surface area contributed by atoms with Crippen molar-refractivity contribution in [1.29, 1.82) is 0 Å². The van der Waals surface area contributed by atoms with Crippen LogP contribution in [0.1, 0.15) is 16.7 Å². The largest absolute Gasteiger partial charge is 0.378 e. The normalized spacial score (nSPS) is 13.7. The topological polar surface area (TPSA) is 72.3 Å². The number of morpholine rings is 1. The van der Waals surface area contributed by atoms with Crippen LogP contribution in [0.5, 0.6) is 0 Å². The van der Waals surface area contributed by atoms with E-state index < -0.39 is 0 Å². The molecular formula is C29H29N5O2. The first-order valence-corrected chi connectivity index (χ1v) is 12.1. The first kappa shape index (κ1) is 23.5. The summed E-state index contributed by atoms with van der Waals surface area (Å²) in [6.07, 6.45) is 8.86. The number of carbonyl (C=O) groups excluding carboxylic acids is 1. The van der Waals surface area contributed by atoms with Crippen molar-refractivity contribution >= 4 is 17.7 Å². The van der Waals surface area contributed by atoms with Gasteiger partial charge in [-0.3, -0.25) is 14.5 Å². The van der Waals surface area contributed by atoms with Crippen LogP contribution in [0.15, 0.2) is 91.4 Å². The van der Waals surface area contributed by atoms with Crippen LogP contribution < -0.4 is 10.2 Å². The first-order valence-electron chi connectivity index (χ1n) is 12.1. The van der Waals surface area contributed by atoms with Gasteiger partial charge in [0, 0.05) is 61.1 Å². The van der Waals surface area contributed by atoms with E-state index in [0.717, 1.165) is 54.3 Å². The minimum Gasteiger partial charge on any atom is -0.378 e. The lowest BCUT2D eigenvalue weighted by Crippen LogP contribution is -2.36. The molecule has 0 spiro atoms. The minimum absolute atomic E-state index is 0.153. The predicted molar refractivity (Wildman–Crippen MR) is 141 cm³/mol. The number of ether oxygens (including phenoxy) is 1. The zero-order chi connectivity index (χ0) is 24.6. The number of hydrogen-bond acceptors (Lipinski definition) is 5. The number of nitrogens with zero attached hydrogens (tertiary/aromatic N) is 4. The Bertz CT molecular complexity index is 1290. The van der Waals surface area contributed by atoms with Gasteiger partial charge >= 0.3 is 0 Å². The van der Waals surface area contributed by atoms with Gasteiger partial charge in [0.1, 0.15) is 5.69 Å². The van der Waals surface area contributed by atoms with Crippen molar-refractivity contribution in [1.82, 2.24) is 20.1 Å². The first-order chi connectivity index (χ1) is 17.7. The number of rotatable bonds is 8. The Morgan fingerprint density at radius 1 is 0.972 bits per heavy atom. The summed E-state index contributed by atoms with van der Waals surface area (Å²) < 4.78 is 7.32. The lowest BCUT2D eigenvalue weighted by Gasteiger charge is -2.28. The third-order valence-electron chi connectivity index (χ3n) is 6.11. The van der Waals surface area contributed by atoms with Gasteiger partial charge in [0.2, 0.25) is 5.91 Å². The average molecular weight is 480 g/mol. The Labute approximate surface area is 211 Å². The summed E-state index contributed by atoms with van der Waals surface area (Å²) in [5.41, 5.74) is 5.96. The highest BCUT2D eigenvalue weighted by Gasteiger charge is 2.12. The minimum atomic E-state index is -0.153. The number of hydrogen-bond donors (Lipinski definition) is 1. The molecule has 1 aliphatic heterocycles. The molecule has 0 radical (unpaired) electrons. The van der Waals surface area contributed by atoms with Gasteiger partial charge in [0.15, 0.2) is 0 Å². The van der Waals surface area contributed by atoms with Crippen LogP contribution >= 0.6 is 0 Å². The fourth-order valence-corrected chi connectivity index (χ4v) is 4.20. The van der Waals surface area contributed by atoms with Crippen molar-refractivity contribution < 1.29 is 9.53 Å². The van der Waals surface area contributed by atoms with E-state index in [-0.39, 0.29) is 5.91 Å². The van der Waals surface area contributed by atoms with Gasteiger partial charge in [0.25, 0.3) is 0 Å². The standard InChI is InChI=1S/C29H29N5O2/c35-28(31-19-23-8-11-27(12-9-23)33-15-17-36-18-16-33)13-10-26-22-34(21-24-5-2-1-3-6-24)32-29(26)25-7-4-14-30-20-25/h1-14,20,22H,15-19,21H2,(H,31,35)/b13-10+. The summed E-state index contributed by atoms with van der Waals surface area (Å²) in [5, 5.41) is 7.75. The van der Waals surface area contributed by atoms with Crippen molar-refractivity contribution in [3.63, 3.8) is 0 Å². The van der Waals surface area contributed by atoms with Gasteiger partial charge in [-0.15, -0.1) is 0 Å². The number of amides is 1. The lowest BCUT2D eigenvalue weighted by molar-refractivity contribution is -0.116. The molecule has 0 atom stereocenters. The van der Waals surface area contributed by atoms with Crippen molar-refractivity contribution in [3.8, 4) is 11.3 Å². The van der Waals surface area contributed by atoms with Gasteiger partial charge in [-0.25, -0.2) is 0 Å². The molecule has 3 heterocycles. The third kappa shape index (κ3) is 6.06. The second-order valence-electron chi connectivity index (χ2n) is 8.67. The molecule has 2 aromatic heterocycles. The third-order valence-corrected chi connectivity index (χ3v) is 6.11. The van der Waals surface area contributed by atoms with E-state index in [1.807, 2.05) is 47.3 Å². The van der Waals surface area contributed by atoms with Gasteiger partial charge in [-0.1, -0.05) is 42.5 Å². The van der Waals surface area contributed by atoms with Crippen LogP contribution in [-0.2, 0) is 22.6 Å². The molecule has 1 aliphatic rings. The second-order valence-corrected chi connectivity index (χ2v) is 8.67. The zero-order valence-corrected chi connectivity index (χ0v) is 20.1. The molecule has 1 fully saturated rings. The monoisotopic (exact) mass is 479 g/mol. The molecule has 5 rings (SSSR count). The molecule has 0 aliphatic carbocycles. The van der Waals surface area contributed by atoms with Crippen LogP contribution in [-0.4, -0.2) is 47.0 Å². The fraction of sp³-hybridized carbons (Fsp3) is 0.207. The van der Waals surface area contributed by atoms with Crippen molar-refractivity contribution in [2.45, 2.75) is 13.1 Å². The summed E-state index contributed by atoms with van der Waals surface area (Å²) in [5.74, 6) is -0.153. The summed E-state index contributed by atoms with van der Waals surface area (Å²) in [4.78, 5) is 19.1. The second kappa shape index (κ2) is 11.5. The Morgan fingerprint density at radius 2 is 1.78 bits per heavy atom. The van der Waals surface area contributed by atoms with E-state index in [4.69, 9.17) is 9.84 Å². The highest BCUT2D eigenvalue weighted by Crippen LogP contribution is 2.23. The Morgan fingerprint density at radius 3 is 2.53 bits per heavy atom. The van der Waals surface area contributed by atoms with Crippen molar-refractivity contribution in [2.75, 3.05) is 31.2 Å². The highest BCUT2D eigenvalue weighted by molar-refractivity contribution is 5.92. The van der Waals surface area contributed by atoms with E-state index in [1.165, 1.54) is 5.69 Å². The van der Waals surface area contributed by atoms with Gasteiger partial charge in [-0.05, 0) is 41.5 Å². The molecule has 1 saturated heterocycles. The lowest BCUT2D eigenvalue weighted by atomic mass is 10.1. The molecule has 0 unspecified atom stereocenters. The Balaban J connectivity index is 1.24.